The van der Waals surface area contributed by atoms with Crippen molar-refractivity contribution in [2.45, 2.75) is 13.3 Å². The highest BCUT2D eigenvalue weighted by Crippen LogP contribution is 2.33. The van der Waals surface area contributed by atoms with Gasteiger partial charge in [-0.2, -0.15) is 0 Å². The number of benzene rings is 1. The number of esters is 1. The van der Waals surface area contributed by atoms with Crippen LogP contribution in [-0.2, 0) is 16.0 Å². The highest BCUT2D eigenvalue weighted by Gasteiger charge is 2.13. The molecule has 0 bridgehead atoms. The van der Waals surface area contributed by atoms with E-state index in [0.717, 1.165) is 0 Å². The number of halogens is 1. The first-order chi connectivity index (χ1) is 8.12. The summed E-state index contributed by atoms with van der Waals surface area (Å²) in [4.78, 5) is 11.3. The van der Waals surface area contributed by atoms with Crippen LogP contribution in [0.5, 0.6) is 11.5 Å². The predicted molar refractivity (Wildman–Crippen MR) is 64.9 cm³/mol. The van der Waals surface area contributed by atoms with Crippen molar-refractivity contribution in [2.75, 3.05) is 20.8 Å². The molecule has 1 rings (SSSR count). The topological polar surface area (TPSA) is 44.8 Å². The van der Waals surface area contributed by atoms with E-state index < -0.39 is 0 Å². The summed E-state index contributed by atoms with van der Waals surface area (Å²) in [5, 5.41) is 0.440. The zero-order valence-electron chi connectivity index (χ0n) is 10.1. The van der Waals surface area contributed by atoms with Crippen molar-refractivity contribution in [3.63, 3.8) is 0 Å². The zero-order valence-corrected chi connectivity index (χ0v) is 10.8. The minimum Gasteiger partial charge on any atom is -0.495 e. The minimum atomic E-state index is -0.341. The Morgan fingerprint density at radius 2 is 2.00 bits per heavy atom. The first kappa shape index (κ1) is 13.6. The number of rotatable bonds is 5. The predicted octanol–water partition coefficient (Wildman–Crippen LogP) is 2.46. The molecule has 0 spiro atoms. The van der Waals surface area contributed by atoms with Crippen LogP contribution in [0.4, 0.5) is 0 Å². The smallest absolute Gasteiger partial charge is 0.310 e. The molecule has 17 heavy (non-hydrogen) atoms. The average molecular weight is 259 g/mol. The third-order valence-electron chi connectivity index (χ3n) is 2.20. The van der Waals surface area contributed by atoms with E-state index in [1.165, 1.54) is 14.2 Å². The Balaban J connectivity index is 3.08. The fraction of sp³-hybridized carbons (Fsp3) is 0.417. The standard InChI is InChI=1S/C12H15ClO4/c1-4-17-10-7-11(15-2)9(13)5-8(10)6-12(14)16-3/h5,7H,4,6H2,1-3H3. The normalized spacial score (nSPS) is 9.88. The number of ether oxygens (including phenoxy) is 3. The molecule has 0 aliphatic carbocycles. The quantitative estimate of drug-likeness (QED) is 0.761. The van der Waals surface area contributed by atoms with Crippen molar-refractivity contribution in [1.29, 1.82) is 0 Å². The molecule has 1 aromatic rings. The Morgan fingerprint density at radius 3 is 2.53 bits per heavy atom. The molecule has 0 radical (unpaired) electrons. The van der Waals surface area contributed by atoms with Gasteiger partial charge in [-0.1, -0.05) is 11.6 Å². The number of carbonyl (C=O) groups is 1. The van der Waals surface area contributed by atoms with Gasteiger partial charge in [0, 0.05) is 11.6 Å². The lowest BCUT2D eigenvalue weighted by Crippen LogP contribution is -2.07. The molecule has 5 heteroatoms. The lowest BCUT2D eigenvalue weighted by Gasteiger charge is -2.12. The van der Waals surface area contributed by atoms with Crippen LogP contribution < -0.4 is 9.47 Å². The van der Waals surface area contributed by atoms with Crippen LogP contribution in [0.2, 0.25) is 5.02 Å². The molecule has 0 fully saturated rings. The Bertz CT molecular complexity index is 404. The molecule has 0 aliphatic rings. The van der Waals surface area contributed by atoms with Crippen molar-refractivity contribution in [1.82, 2.24) is 0 Å². The van der Waals surface area contributed by atoms with E-state index in [-0.39, 0.29) is 12.4 Å². The minimum absolute atomic E-state index is 0.121. The molecule has 0 heterocycles. The van der Waals surface area contributed by atoms with Gasteiger partial charge in [0.15, 0.2) is 0 Å². The first-order valence-electron chi connectivity index (χ1n) is 5.18. The maximum absolute atomic E-state index is 11.3. The van der Waals surface area contributed by atoms with Crippen LogP contribution in [0.1, 0.15) is 12.5 Å². The zero-order chi connectivity index (χ0) is 12.8. The third-order valence-corrected chi connectivity index (χ3v) is 2.49. The van der Waals surface area contributed by atoms with Crippen molar-refractivity contribution in [2.24, 2.45) is 0 Å². The molecule has 4 nitrogen and oxygen atoms in total. The molecular weight excluding hydrogens is 244 g/mol. The second-order valence-electron chi connectivity index (χ2n) is 3.28. The molecule has 0 unspecified atom stereocenters. The Kier molecular flexibility index (Phi) is 5.10. The van der Waals surface area contributed by atoms with Crippen LogP contribution in [0.25, 0.3) is 0 Å². The maximum atomic E-state index is 11.3. The van der Waals surface area contributed by atoms with Crippen LogP contribution in [0.15, 0.2) is 12.1 Å². The van der Waals surface area contributed by atoms with Crippen LogP contribution in [0, 0.1) is 0 Å². The summed E-state index contributed by atoms with van der Waals surface area (Å²) in [6.07, 6.45) is 0.121. The summed E-state index contributed by atoms with van der Waals surface area (Å²) < 4.78 is 15.1. The fourth-order valence-electron chi connectivity index (χ4n) is 1.39. The summed E-state index contributed by atoms with van der Waals surface area (Å²) in [7, 11) is 2.87. The first-order valence-corrected chi connectivity index (χ1v) is 5.56. The highest BCUT2D eigenvalue weighted by molar-refractivity contribution is 6.32. The molecule has 0 aromatic heterocycles. The molecule has 0 saturated heterocycles. The summed E-state index contributed by atoms with van der Waals surface area (Å²) in [6, 6.07) is 3.33. The van der Waals surface area contributed by atoms with E-state index >= 15 is 0 Å². The lowest BCUT2D eigenvalue weighted by molar-refractivity contribution is -0.139. The van der Waals surface area contributed by atoms with Gasteiger partial charge in [-0.05, 0) is 13.0 Å². The number of methoxy groups -OCH3 is 2. The second-order valence-corrected chi connectivity index (χ2v) is 3.69. The molecule has 94 valence electrons. The summed E-state index contributed by atoms with van der Waals surface area (Å²) in [6.45, 7) is 2.36. The Hall–Kier alpha value is -1.42. The second kappa shape index (κ2) is 6.35. The lowest BCUT2D eigenvalue weighted by atomic mass is 10.1. The van der Waals surface area contributed by atoms with Crippen LogP contribution in [-0.4, -0.2) is 26.8 Å². The van der Waals surface area contributed by atoms with Gasteiger partial charge in [-0.3, -0.25) is 4.79 Å². The van der Waals surface area contributed by atoms with Gasteiger partial charge in [0.2, 0.25) is 0 Å². The molecule has 0 aliphatic heterocycles. The largest absolute Gasteiger partial charge is 0.495 e. The van der Waals surface area contributed by atoms with E-state index in [9.17, 15) is 4.79 Å². The molecule has 0 saturated carbocycles. The Morgan fingerprint density at radius 1 is 1.29 bits per heavy atom. The van der Waals surface area contributed by atoms with Gasteiger partial charge in [0.25, 0.3) is 0 Å². The van der Waals surface area contributed by atoms with E-state index in [1.54, 1.807) is 12.1 Å². The molecule has 0 atom stereocenters. The van der Waals surface area contributed by atoms with Crippen LogP contribution >= 0.6 is 11.6 Å². The van der Waals surface area contributed by atoms with Crippen LogP contribution in [0.3, 0.4) is 0 Å². The number of hydrogen-bond acceptors (Lipinski definition) is 4. The number of hydrogen-bond donors (Lipinski definition) is 0. The maximum Gasteiger partial charge on any atom is 0.310 e. The van der Waals surface area contributed by atoms with Gasteiger partial charge in [-0.25, -0.2) is 0 Å². The molecule has 1 aromatic carbocycles. The van der Waals surface area contributed by atoms with Crippen molar-refractivity contribution in [3.05, 3.63) is 22.7 Å². The van der Waals surface area contributed by atoms with E-state index in [0.29, 0.717) is 28.7 Å². The summed E-state index contributed by atoms with van der Waals surface area (Å²) in [5.74, 6) is 0.759. The van der Waals surface area contributed by atoms with Crippen molar-refractivity contribution in [3.8, 4) is 11.5 Å². The van der Waals surface area contributed by atoms with Gasteiger partial charge in [-0.15, -0.1) is 0 Å². The molecule has 0 amide bonds. The third kappa shape index (κ3) is 3.53. The highest BCUT2D eigenvalue weighted by atomic mass is 35.5. The van der Waals surface area contributed by atoms with Gasteiger partial charge in [0.05, 0.1) is 32.3 Å². The van der Waals surface area contributed by atoms with E-state index in [2.05, 4.69) is 4.74 Å². The SMILES string of the molecule is CCOc1cc(OC)c(Cl)cc1CC(=O)OC. The molecular formula is C12H15ClO4. The van der Waals surface area contributed by atoms with Gasteiger partial charge < -0.3 is 14.2 Å². The van der Waals surface area contributed by atoms with Crippen molar-refractivity contribution >= 4 is 17.6 Å². The van der Waals surface area contributed by atoms with Crippen molar-refractivity contribution < 1.29 is 19.0 Å². The number of carbonyl (C=O) groups excluding carboxylic acids is 1. The molecule has 0 N–H and O–H groups in total. The fourth-order valence-corrected chi connectivity index (χ4v) is 1.65. The monoisotopic (exact) mass is 258 g/mol. The average Bonchev–Trinajstić information content (AvgIpc) is 2.32. The summed E-state index contributed by atoms with van der Waals surface area (Å²) in [5.41, 5.74) is 0.685. The summed E-state index contributed by atoms with van der Waals surface area (Å²) >= 11 is 6.00. The van der Waals surface area contributed by atoms with Gasteiger partial charge >= 0.3 is 5.97 Å². The van der Waals surface area contributed by atoms with Gasteiger partial charge in [0.1, 0.15) is 11.5 Å². The van der Waals surface area contributed by atoms with E-state index in [1.807, 2.05) is 6.92 Å². The van der Waals surface area contributed by atoms with E-state index in [4.69, 9.17) is 21.1 Å². The Labute approximate surface area is 105 Å².